The van der Waals surface area contributed by atoms with Gasteiger partial charge in [-0.15, -0.1) is 23.2 Å². The Morgan fingerprint density at radius 1 is 1.39 bits per heavy atom. The van der Waals surface area contributed by atoms with Crippen LogP contribution in [0.3, 0.4) is 0 Å². The first-order valence-electron chi connectivity index (χ1n) is 5.78. The number of carbonyl (C=O) groups excluding carboxylic acids is 1. The molecular formula is C13H15Cl2NO2. The van der Waals surface area contributed by atoms with Crippen LogP contribution >= 0.6 is 23.2 Å². The zero-order valence-corrected chi connectivity index (χ0v) is 11.6. The number of carbonyl (C=O) groups is 1. The maximum atomic E-state index is 12.0. The van der Waals surface area contributed by atoms with Crippen molar-refractivity contribution in [1.29, 1.82) is 0 Å². The fourth-order valence-electron chi connectivity index (χ4n) is 1.80. The van der Waals surface area contributed by atoms with Gasteiger partial charge in [-0.05, 0) is 37.5 Å². The fraction of sp³-hybridized carbons (Fsp3) is 0.462. The summed E-state index contributed by atoms with van der Waals surface area (Å²) in [6.07, 6.45) is 1.08. The van der Waals surface area contributed by atoms with Crippen LogP contribution in [-0.2, 0) is 11.2 Å². The number of amides is 1. The first kappa shape index (κ1) is 13.7. The maximum absolute atomic E-state index is 12.0. The Morgan fingerprint density at radius 3 is 2.39 bits per heavy atom. The molecule has 98 valence electrons. The Hall–Kier alpha value is -0.770. The number of halogens is 2. The minimum absolute atomic E-state index is 0.116. The van der Waals surface area contributed by atoms with E-state index in [0.717, 1.165) is 5.56 Å². The number of hydrogen-bond acceptors (Lipinski definition) is 2. The molecule has 2 N–H and O–H groups in total. The van der Waals surface area contributed by atoms with E-state index in [1.54, 1.807) is 19.1 Å². The number of nitrogens with one attached hydrogen (secondary N) is 1. The average molecular weight is 288 g/mol. The van der Waals surface area contributed by atoms with Crippen molar-refractivity contribution in [3.05, 3.63) is 29.8 Å². The van der Waals surface area contributed by atoms with Crippen molar-refractivity contribution in [2.24, 2.45) is 5.41 Å². The molecule has 0 heterocycles. The van der Waals surface area contributed by atoms with E-state index < -0.39 is 9.75 Å². The van der Waals surface area contributed by atoms with Gasteiger partial charge in [0, 0.05) is 12.3 Å². The standard InChI is InChI=1S/C13H15Cl2NO2/c1-12(8-13(12,14)15)11(18)16-10-4-2-9(3-5-10)6-7-17/h2-5,17H,6-8H2,1H3,(H,16,18). The van der Waals surface area contributed by atoms with Crippen LogP contribution in [0.25, 0.3) is 0 Å². The van der Waals surface area contributed by atoms with Crippen molar-refractivity contribution >= 4 is 34.8 Å². The summed E-state index contributed by atoms with van der Waals surface area (Å²) in [5.41, 5.74) is 1.02. The third-order valence-electron chi connectivity index (χ3n) is 3.37. The number of rotatable bonds is 4. The largest absolute Gasteiger partial charge is 0.396 e. The molecule has 0 aliphatic heterocycles. The third-order valence-corrected chi connectivity index (χ3v) is 4.47. The summed E-state index contributed by atoms with van der Waals surface area (Å²) < 4.78 is -0.950. The Balaban J connectivity index is 2.00. The predicted molar refractivity (Wildman–Crippen MR) is 73.0 cm³/mol. The Kier molecular flexibility index (Phi) is 3.58. The molecule has 0 bridgehead atoms. The first-order valence-corrected chi connectivity index (χ1v) is 6.54. The lowest BCUT2D eigenvalue weighted by Crippen LogP contribution is -2.25. The van der Waals surface area contributed by atoms with Crippen molar-refractivity contribution in [1.82, 2.24) is 0 Å². The number of anilines is 1. The molecule has 3 nitrogen and oxygen atoms in total. The van der Waals surface area contributed by atoms with Crippen LogP contribution in [0, 0.1) is 5.41 Å². The van der Waals surface area contributed by atoms with Crippen LogP contribution < -0.4 is 5.32 Å². The van der Waals surface area contributed by atoms with Crippen LogP contribution in [0.15, 0.2) is 24.3 Å². The van der Waals surface area contributed by atoms with Crippen LogP contribution in [0.1, 0.15) is 18.9 Å². The lowest BCUT2D eigenvalue weighted by molar-refractivity contribution is -0.120. The molecule has 1 aliphatic rings. The van der Waals surface area contributed by atoms with E-state index in [4.69, 9.17) is 28.3 Å². The van der Waals surface area contributed by atoms with E-state index in [1.807, 2.05) is 12.1 Å². The van der Waals surface area contributed by atoms with E-state index in [1.165, 1.54) is 0 Å². The molecule has 0 spiro atoms. The lowest BCUT2D eigenvalue weighted by atomic mass is 10.1. The van der Waals surface area contributed by atoms with Crippen LogP contribution in [0.2, 0.25) is 0 Å². The lowest BCUT2D eigenvalue weighted by Gasteiger charge is -2.12. The van der Waals surface area contributed by atoms with Crippen LogP contribution in [-0.4, -0.2) is 22.0 Å². The quantitative estimate of drug-likeness (QED) is 0.837. The minimum Gasteiger partial charge on any atom is -0.396 e. The molecule has 1 fully saturated rings. The molecule has 0 aromatic heterocycles. The average Bonchev–Trinajstić information content (AvgIpc) is 2.83. The monoisotopic (exact) mass is 287 g/mol. The SMILES string of the molecule is CC1(C(=O)Nc2ccc(CCO)cc2)CC1(Cl)Cl. The summed E-state index contributed by atoms with van der Waals surface area (Å²) in [7, 11) is 0. The normalized spacial score (nSPS) is 24.7. The molecule has 0 radical (unpaired) electrons. The van der Waals surface area contributed by atoms with Gasteiger partial charge in [-0.25, -0.2) is 0 Å². The van der Waals surface area contributed by atoms with Crippen molar-refractivity contribution < 1.29 is 9.90 Å². The topological polar surface area (TPSA) is 49.3 Å². The summed E-state index contributed by atoms with van der Waals surface area (Å²) in [6, 6.07) is 7.35. The Morgan fingerprint density at radius 2 is 1.94 bits per heavy atom. The Bertz CT molecular complexity index is 459. The molecule has 1 aromatic rings. The van der Waals surface area contributed by atoms with E-state index in [0.29, 0.717) is 18.5 Å². The molecule has 18 heavy (non-hydrogen) atoms. The van der Waals surface area contributed by atoms with Gasteiger partial charge in [-0.3, -0.25) is 4.79 Å². The molecule has 1 atom stereocenters. The number of alkyl halides is 2. The molecule has 2 rings (SSSR count). The minimum atomic E-state index is -0.950. The molecule has 1 aliphatic carbocycles. The number of aliphatic hydroxyl groups excluding tert-OH is 1. The summed E-state index contributed by atoms with van der Waals surface area (Å²) in [6.45, 7) is 1.87. The second kappa shape index (κ2) is 4.72. The van der Waals surface area contributed by atoms with Crippen molar-refractivity contribution in [2.75, 3.05) is 11.9 Å². The molecule has 1 aromatic carbocycles. The molecule has 1 saturated carbocycles. The smallest absolute Gasteiger partial charge is 0.233 e. The van der Waals surface area contributed by atoms with Gasteiger partial charge < -0.3 is 10.4 Å². The summed E-state index contributed by atoms with van der Waals surface area (Å²) in [4.78, 5) is 12.0. The summed E-state index contributed by atoms with van der Waals surface area (Å²) >= 11 is 11.9. The maximum Gasteiger partial charge on any atom is 0.233 e. The third kappa shape index (κ3) is 2.48. The fourth-order valence-corrected chi connectivity index (χ4v) is 2.51. The summed E-state index contributed by atoms with van der Waals surface area (Å²) in [5.74, 6) is -0.164. The highest BCUT2D eigenvalue weighted by atomic mass is 35.5. The van der Waals surface area contributed by atoms with Gasteiger partial charge in [0.1, 0.15) is 4.33 Å². The van der Waals surface area contributed by atoms with Crippen molar-refractivity contribution in [3.63, 3.8) is 0 Å². The van der Waals surface area contributed by atoms with Crippen LogP contribution in [0.5, 0.6) is 0 Å². The van der Waals surface area contributed by atoms with Gasteiger partial charge in [-0.2, -0.15) is 0 Å². The van der Waals surface area contributed by atoms with Crippen molar-refractivity contribution in [3.8, 4) is 0 Å². The Labute approximate surface area is 116 Å². The molecule has 5 heteroatoms. The van der Waals surface area contributed by atoms with E-state index in [2.05, 4.69) is 5.32 Å². The highest BCUT2D eigenvalue weighted by molar-refractivity contribution is 6.53. The van der Waals surface area contributed by atoms with E-state index in [9.17, 15) is 4.79 Å². The second-order valence-corrected chi connectivity index (χ2v) is 6.32. The number of aliphatic hydroxyl groups is 1. The molecule has 1 amide bonds. The van der Waals surface area contributed by atoms with E-state index in [-0.39, 0.29) is 12.5 Å². The zero-order chi connectivity index (χ0) is 13.4. The second-order valence-electron chi connectivity index (χ2n) is 4.84. The van der Waals surface area contributed by atoms with Gasteiger partial charge in [0.25, 0.3) is 0 Å². The zero-order valence-electron chi connectivity index (χ0n) is 10.0. The highest BCUT2D eigenvalue weighted by Crippen LogP contribution is 2.64. The number of benzene rings is 1. The van der Waals surface area contributed by atoms with Gasteiger partial charge in [0.05, 0.1) is 5.41 Å². The van der Waals surface area contributed by atoms with E-state index >= 15 is 0 Å². The highest BCUT2D eigenvalue weighted by Gasteiger charge is 2.67. The van der Waals surface area contributed by atoms with Gasteiger partial charge >= 0.3 is 0 Å². The molecular weight excluding hydrogens is 273 g/mol. The number of hydrogen-bond donors (Lipinski definition) is 2. The first-order chi connectivity index (χ1) is 8.39. The molecule has 1 unspecified atom stereocenters. The van der Waals surface area contributed by atoms with Gasteiger partial charge in [0.15, 0.2) is 0 Å². The van der Waals surface area contributed by atoms with Crippen LogP contribution in [0.4, 0.5) is 5.69 Å². The van der Waals surface area contributed by atoms with Gasteiger partial charge in [-0.1, -0.05) is 12.1 Å². The van der Waals surface area contributed by atoms with Gasteiger partial charge in [0.2, 0.25) is 5.91 Å². The predicted octanol–water partition coefficient (Wildman–Crippen LogP) is 2.74. The van der Waals surface area contributed by atoms with Crippen molar-refractivity contribution in [2.45, 2.75) is 24.1 Å². The molecule has 0 saturated heterocycles. The summed E-state index contributed by atoms with van der Waals surface area (Å²) in [5, 5.41) is 11.6.